The average Bonchev–Trinajstić information content (AvgIpc) is 2.71. The number of hydrogen-bond acceptors (Lipinski definition) is 4. The van der Waals surface area contributed by atoms with Gasteiger partial charge in [0.1, 0.15) is 24.6 Å². The van der Waals surface area contributed by atoms with Crippen LogP contribution in [0, 0.1) is 5.82 Å². The third-order valence-electron chi connectivity index (χ3n) is 4.62. The molecule has 0 radical (unpaired) electrons. The summed E-state index contributed by atoms with van der Waals surface area (Å²) in [6, 6.07) is 9.84. The van der Waals surface area contributed by atoms with E-state index in [0.29, 0.717) is 23.2 Å². The van der Waals surface area contributed by atoms with Gasteiger partial charge in [-0.1, -0.05) is 36.9 Å². The van der Waals surface area contributed by atoms with Crippen LogP contribution in [0.1, 0.15) is 16.7 Å². The Morgan fingerprint density at radius 1 is 1.19 bits per heavy atom. The van der Waals surface area contributed by atoms with Crippen molar-refractivity contribution >= 4 is 23.1 Å². The van der Waals surface area contributed by atoms with Gasteiger partial charge in [0.25, 0.3) is 0 Å². The second-order valence-corrected chi connectivity index (χ2v) is 6.83. The van der Waals surface area contributed by atoms with Gasteiger partial charge in [-0.3, -0.25) is 14.5 Å². The Morgan fingerprint density at radius 2 is 1.87 bits per heavy atom. The molecule has 1 aliphatic heterocycles. The maximum Gasteiger partial charge on any atom is 0.471 e. The predicted octanol–water partition coefficient (Wildman–Crippen LogP) is 3.50. The summed E-state index contributed by atoms with van der Waals surface area (Å²) in [6.07, 6.45) is -5.42. The number of halogens is 4. The standard InChI is InChI=1S/C21H18F4N2O4/c1-12-8-26-9-15-14(12)7-16(31-11-13-5-3-2-4-6-13)19(18(15)22)27(10-17(28)29)20(30)21(23,24)25/h2-7,26H,1,8-11H2,(H,28,29). The molecule has 3 rings (SSSR count). The van der Waals surface area contributed by atoms with Crippen molar-refractivity contribution in [1.29, 1.82) is 0 Å². The maximum atomic E-state index is 15.4. The molecule has 2 aromatic carbocycles. The third kappa shape index (κ3) is 4.85. The number of amides is 1. The Morgan fingerprint density at radius 3 is 2.48 bits per heavy atom. The number of carboxylic acid groups (broad SMARTS) is 1. The fraction of sp³-hybridized carbons (Fsp3) is 0.238. The topological polar surface area (TPSA) is 78.9 Å². The van der Waals surface area contributed by atoms with Crippen LogP contribution in [0.4, 0.5) is 23.2 Å². The zero-order chi connectivity index (χ0) is 22.8. The average molecular weight is 438 g/mol. The van der Waals surface area contributed by atoms with Crippen molar-refractivity contribution in [2.24, 2.45) is 0 Å². The number of ether oxygens (including phenoxy) is 1. The summed E-state index contributed by atoms with van der Waals surface area (Å²) in [6.45, 7) is 2.56. The van der Waals surface area contributed by atoms with E-state index in [1.54, 1.807) is 30.3 Å². The SMILES string of the molecule is C=C1CNCc2c1cc(OCc1ccccc1)c(N(CC(=O)O)C(=O)C(F)(F)F)c2F. The zero-order valence-corrected chi connectivity index (χ0v) is 16.1. The molecule has 1 amide bonds. The summed E-state index contributed by atoms with van der Waals surface area (Å²) >= 11 is 0. The first-order valence-electron chi connectivity index (χ1n) is 9.11. The van der Waals surface area contributed by atoms with Gasteiger partial charge in [0.15, 0.2) is 5.82 Å². The summed E-state index contributed by atoms with van der Waals surface area (Å²) < 4.78 is 60.6. The molecule has 31 heavy (non-hydrogen) atoms. The van der Waals surface area contributed by atoms with Gasteiger partial charge in [-0.05, 0) is 22.8 Å². The molecule has 0 fully saturated rings. The van der Waals surface area contributed by atoms with Gasteiger partial charge >= 0.3 is 18.1 Å². The summed E-state index contributed by atoms with van der Waals surface area (Å²) in [4.78, 5) is 23.0. The van der Waals surface area contributed by atoms with Crippen LogP contribution in [0.5, 0.6) is 5.75 Å². The summed E-state index contributed by atoms with van der Waals surface area (Å²) in [5.41, 5.74) is 0.541. The van der Waals surface area contributed by atoms with Crippen molar-refractivity contribution in [3.63, 3.8) is 0 Å². The fourth-order valence-corrected chi connectivity index (χ4v) is 3.22. The number of nitrogens with one attached hydrogen (secondary N) is 1. The van der Waals surface area contributed by atoms with Crippen LogP contribution < -0.4 is 15.0 Å². The molecule has 0 saturated heterocycles. The first kappa shape index (κ1) is 22.3. The number of carboxylic acids is 1. The number of hydrogen-bond donors (Lipinski definition) is 2. The molecule has 0 atom stereocenters. The number of carbonyl (C=O) groups excluding carboxylic acids is 1. The first-order chi connectivity index (χ1) is 14.6. The number of alkyl halides is 3. The minimum absolute atomic E-state index is 0.0244. The molecule has 2 aromatic rings. The van der Waals surface area contributed by atoms with Crippen LogP contribution in [0.25, 0.3) is 5.57 Å². The van der Waals surface area contributed by atoms with Gasteiger partial charge in [-0.2, -0.15) is 13.2 Å². The number of carbonyl (C=O) groups is 2. The third-order valence-corrected chi connectivity index (χ3v) is 4.62. The molecule has 10 heteroatoms. The molecule has 2 N–H and O–H groups in total. The second kappa shape index (κ2) is 8.76. The molecule has 1 heterocycles. The number of rotatable bonds is 6. The van der Waals surface area contributed by atoms with E-state index in [2.05, 4.69) is 11.9 Å². The highest BCUT2D eigenvalue weighted by Gasteiger charge is 2.45. The van der Waals surface area contributed by atoms with E-state index in [0.717, 1.165) is 0 Å². The van der Waals surface area contributed by atoms with Gasteiger partial charge in [0.05, 0.1) is 0 Å². The van der Waals surface area contributed by atoms with Crippen molar-refractivity contribution in [3.05, 3.63) is 65.5 Å². The number of fused-ring (bicyclic) bond motifs is 1. The lowest BCUT2D eigenvalue weighted by atomic mass is 9.95. The van der Waals surface area contributed by atoms with Gasteiger partial charge in [-0.25, -0.2) is 4.39 Å². The van der Waals surface area contributed by atoms with Crippen molar-refractivity contribution in [2.75, 3.05) is 18.0 Å². The molecule has 0 unspecified atom stereocenters. The molecule has 6 nitrogen and oxygen atoms in total. The molecule has 0 spiro atoms. The van der Waals surface area contributed by atoms with Gasteiger partial charge in [0.2, 0.25) is 0 Å². The molecular formula is C21H18F4N2O4. The quantitative estimate of drug-likeness (QED) is 0.675. The number of nitrogens with zero attached hydrogens (tertiary/aromatic N) is 1. The van der Waals surface area contributed by atoms with Gasteiger partial charge in [-0.15, -0.1) is 0 Å². The highest BCUT2D eigenvalue weighted by atomic mass is 19.4. The largest absolute Gasteiger partial charge is 0.487 e. The van der Waals surface area contributed by atoms with E-state index < -0.39 is 36.1 Å². The Bertz CT molecular complexity index is 1020. The molecule has 164 valence electrons. The van der Waals surface area contributed by atoms with Crippen LogP contribution in [-0.4, -0.2) is 36.2 Å². The summed E-state index contributed by atoms with van der Waals surface area (Å²) in [5.74, 6) is -5.82. The van der Waals surface area contributed by atoms with Crippen LogP contribution in [0.2, 0.25) is 0 Å². The van der Waals surface area contributed by atoms with Crippen molar-refractivity contribution in [3.8, 4) is 5.75 Å². The minimum Gasteiger partial charge on any atom is -0.487 e. The van der Waals surface area contributed by atoms with E-state index in [-0.39, 0.29) is 29.4 Å². The normalized spacial score (nSPS) is 13.5. The van der Waals surface area contributed by atoms with E-state index in [1.165, 1.54) is 6.07 Å². The smallest absolute Gasteiger partial charge is 0.471 e. The highest BCUT2D eigenvalue weighted by Crippen LogP contribution is 2.40. The highest BCUT2D eigenvalue weighted by molar-refractivity contribution is 6.02. The molecule has 0 aromatic heterocycles. The van der Waals surface area contributed by atoms with Crippen LogP contribution in [-0.2, 0) is 22.7 Å². The number of benzene rings is 2. The van der Waals surface area contributed by atoms with Crippen molar-refractivity contribution in [1.82, 2.24) is 5.32 Å². The maximum absolute atomic E-state index is 15.4. The van der Waals surface area contributed by atoms with Crippen molar-refractivity contribution in [2.45, 2.75) is 19.3 Å². The molecule has 0 aliphatic carbocycles. The Hall–Kier alpha value is -3.40. The number of aliphatic carboxylic acids is 1. The van der Waals surface area contributed by atoms with E-state index >= 15 is 4.39 Å². The molecule has 0 bridgehead atoms. The van der Waals surface area contributed by atoms with Crippen LogP contribution in [0.3, 0.4) is 0 Å². The molecule has 0 saturated carbocycles. The monoisotopic (exact) mass is 438 g/mol. The minimum atomic E-state index is -5.42. The Kier molecular flexibility index (Phi) is 6.30. The number of anilines is 1. The lowest BCUT2D eigenvalue weighted by molar-refractivity contribution is -0.171. The Balaban J connectivity index is 2.15. The molecule has 1 aliphatic rings. The fourth-order valence-electron chi connectivity index (χ4n) is 3.22. The van der Waals surface area contributed by atoms with E-state index in [1.807, 2.05) is 0 Å². The second-order valence-electron chi connectivity index (χ2n) is 6.83. The summed E-state index contributed by atoms with van der Waals surface area (Å²) in [7, 11) is 0. The van der Waals surface area contributed by atoms with Crippen molar-refractivity contribution < 1.29 is 37.0 Å². The van der Waals surface area contributed by atoms with Gasteiger partial charge < -0.3 is 15.2 Å². The van der Waals surface area contributed by atoms with Crippen LogP contribution >= 0.6 is 0 Å². The van der Waals surface area contributed by atoms with Crippen LogP contribution in [0.15, 0.2) is 43.0 Å². The lowest BCUT2D eigenvalue weighted by Crippen LogP contribution is -2.45. The van der Waals surface area contributed by atoms with E-state index in [9.17, 15) is 22.8 Å². The zero-order valence-electron chi connectivity index (χ0n) is 16.1. The summed E-state index contributed by atoms with van der Waals surface area (Å²) in [5, 5.41) is 11.9. The lowest BCUT2D eigenvalue weighted by Gasteiger charge is -2.29. The first-order valence-corrected chi connectivity index (χ1v) is 9.11. The predicted molar refractivity (Wildman–Crippen MR) is 104 cm³/mol. The van der Waals surface area contributed by atoms with Gasteiger partial charge in [0, 0.05) is 18.7 Å². The molecular weight excluding hydrogens is 420 g/mol. The van der Waals surface area contributed by atoms with E-state index in [4.69, 9.17) is 9.84 Å². The Labute approximate surface area is 174 Å².